The summed E-state index contributed by atoms with van der Waals surface area (Å²) in [5, 5.41) is 0. The number of aryl methyl sites for hydroxylation is 1. The molecule has 3 aromatic carbocycles. The lowest BCUT2D eigenvalue weighted by molar-refractivity contribution is -0.137. The maximum Gasteiger partial charge on any atom is 0.416 e. The van der Waals surface area contributed by atoms with Crippen LogP contribution in [0.25, 0.3) is 22.3 Å². The molecule has 1 aliphatic carbocycles. The van der Waals surface area contributed by atoms with Crippen LogP contribution in [0.15, 0.2) is 54.6 Å². The molecular weight excluding hydrogens is 400 g/mol. The molecule has 31 heavy (non-hydrogen) atoms. The van der Waals surface area contributed by atoms with Gasteiger partial charge in [-0.25, -0.2) is 4.39 Å². The fraction of sp³-hybridized carbons (Fsp3) is 0.333. The molecule has 0 atom stereocenters. The highest BCUT2D eigenvalue weighted by Gasteiger charge is 2.30. The Morgan fingerprint density at radius 2 is 1.45 bits per heavy atom. The van der Waals surface area contributed by atoms with E-state index in [1.807, 2.05) is 0 Å². The first-order valence-electron chi connectivity index (χ1n) is 11.0. The summed E-state index contributed by atoms with van der Waals surface area (Å²) in [6, 6.07) is 14.4. The first kappa shape index (κ1) is 21.6. The molecule has 0 N–H and O–H groups in total. The van der Waals surface area contributed by atoms with Crippen LogP contribution in [-0.2, 0) is 19.0 Å². The van der Waals surface area contributed by atoms with Crippen LogP contribution in [0.5, 0.6) is 0 Å². The number of halogens is 4. The van der Waals surface area contributed by atoms with Crippen LogP contribution in [0.2, 0.25) is 0 Å². The Kier molecular flexibility index (Phi) is 6.17. The van der Waals surface area contributed by atoms with E-state index in [0.717, 1.165) is 41.7 Å². The fourth-order valence-corrected chi connectivity index (χ4v) is 4.42. The normalized spacial score (nSPS) is 12.7. The van der Waals surface area contributed by atoms with Crippen LogP contribution in [0.4, 0.5) is 17.6 Å². The SMILES string of the molecule is CCCCCCCc1ccc2c(c1)Cc1cc(-c3ccc(C(F)(F)F)cc3)c(F)cc1-2. The van der Waals surface area contributed by atoms with Gasteiger partial charge in [-0.1, -0.05) is 62.9 Å². The monoisotopic (exact) mass is 426 g/mol. The van der Waals surface area contributed by atoms with Crippen LogP contribution >= 0.6 is 0 Å². The van der Waals surface area contributed by atoms with Crippen molar-refractivity contribution < 1.29 is 17.6 Å². The molecule has 4 heteroatoms. The van der Waals surface area contributed by atoms with Crippen LogP contribution in [0.1, 0.15) is 61.3 Å². The van der Waals surface area contributed by atoms with Gasteiger partial charge in [-0.15, -0.1) is 0 Å². The first-order chi connectivity index (χ1) is 14.9. The standard InChI is InChI=1S/C27H26F4/c1-2-3-4-5-6-7-18-8-13-23-20(14-18)15-21-16-25(26(28)17-24(21)23)19-9-11-22(12-10-19)27(29,30)31/h8-14,16-17H,2-7,15H2,1H3. The molecule has 0 nitrogen and oxygen atoms in total. The van der Waals surface area contributed by atoms with Gasteiger partial charge in [0, 0.05) is 5.56 Å². The third kappa shape index (κ3) is 4.68. The third-order valence-electron chi connectivity index (χ3n) is 6.13. The quantitative estimate of drug-likeness (QED) is 0.205. The summed E-state index contributed by atoms with van der Waals surface area (Å²) in [6.45, 7) is 2.21. The Balaban J connectivity index is 1.54. The minimum atomic E-state index is -4.40. The number of alkyl halides is 3. The number of unbranched alkanes of at least 4 members (excludes halogenated alkanes) is 4. The van der Waals surface area contributed by atoms with E-state index in [0.29, 0.717) is 11.1 Å². The topological polar surface area (TPSA) is 0 Å². The lowest BCUT2D eigenvalue weighted by Crippen LogP contribution is -2.04. The maximum atomic E-state index is 14.9. The molecular formula is C27H26F4. The van der Waals surface area contributed by atoms with Crippen molar-refractivity contribution >= 4 is 0 Å². The zero-order chi connectivity index (χ0) is 22.0. The molecule has 0 amide bonds. The Labute approximate surface area is 180 Å². The number of hydrogen-bond donors (Lipinski definition) is 0. The van der Waals surface area contributed by atoms with Crippen molar-refractivity contribution in [3.63, 3.8) is 0 Å². The molecule has 3 aromatic rings. The Bertz CT molecular complexity index is 1060. The minimum Gasteiger partial charge on any atom is -0.206 e. The van der Waals surface area contributed by atoms with Crippen molar-refractivity contribution in [2.75, 3.05) is 0 Å². The van der Waals surface area contributed by atoms with E-state index in [4.69, 9.17) is 0 Å². The summed E-state index contributed by atoms with van der Waals surface area (Å²) < 4.78 is 53.4. The van der Waals surface area contributed by atoms with E-state index >= 15 is 0 Å². The predicted octanol–water partition coefficient (Wildman–Crippen LogP) is 8.60. The summed E-state index contributed by atoms with van der Waals surface area (Å²) in [7, 11) is 0. The summed E-state index contributed by atoms with van der Waals surface area (Å²) in [4.78, 5) is 0. The van der Waals surface area contributed by atoms with Crippen molar-refractivity contribution in [3.05, 3.63) is 82.7 Å². The molecule has 4 rings (SSSR count). The van der Waals surface area contributed by atoms with E-state index in [1.54, 1.807) is 6.07 Å². The van der Waals surface area contributed by atoms with Crippen LogP contribution in [-0.4, -0.2) is 0 Å². The molecule has 0 unspecified atom stereocenters. The van der Waals surface area contributed by atoms with Crippen LogP contribution in [0, 0.1) is 5.82 Å². The predicted molar refractivity (Wildman–Crippen MR) is 118 cm³/mol. The second kappa shape index (κ2) is 8.86. The summed E-state index contributed by atoms with van der Waals surface area (Å²) in [6.07, 6.45) is 3.60. The van der Waals surface area contributed by atoms with Crippen molar-refractivity contribution in [3.8, 4) is 22.3 Å². The van der Waals surface area contributed by atoms with Gasteiger partial charge in [0.05, 0.1) is 5.56 Å². The van der Waals surface area contributed by atoms with E-state index in [1.165, 1.54) is 61.4 Å². The van der Waals surface area contributed by atoms with Crippen molar-refractivity contribution in [2.24, 2.45) is 0 Å². The van der Waals surface area contributed by atoms with Crippen LogP contribution in [0.3, 0.4) is 0 Å². The van der Waals surface area contributed by atoms with Gasteiger partial charge in [0.2, 0.25) is 0 Å². The molecule has 0 spiro atoms. The lowest BCUT2D eigenvalue weighted by atomic mass is 9.97. The Morgan fingerprint density at radius 3 is 2.16 bits per heavy atom. The highest BCUT2D eigenvalue weighted by Crippen LogP contribution is 2.41. The van der Waals surface area contributed by atoms with E-state index < -0.39 is 17.6 Å². The maximum absolute atomic E-state index is 14.9. The molecule has 0 radical (unpaired) electrons. The molecule has 0 aliphatic heterocycles. The largest absolute Gasteiger partial charge is 0.416 e. The third-order valence-corrected chi connectivity index (χ3v) is 6.13. The van der Waals surface area contributed by atoms with Gasteiger partial charge in [0.25, 0.3) is 0 Å². The van der Waals surface area contributed by atoms with E-state index in [9.17, 15) is 17.6 Å². The molecule has 0 aromatic heterocycles. The summed E-state index contributed by atoms with van der Waals surface area (Å²) in [5.41, 5.74) is 5.55. The van der Waals surface area contributed by atoms with Gasteiger partial charge in [0.1, 0.15) is 5.82 Å². The summed E-state index contributed by atoms with van der Waals surface area (Å²) in [5.74, 6) is -0.411. The molecule has 162 valence electrons. The smallest absolute Gasteiger partial charge is 0.206 e. The van der Waals surface area contributed by atoms with Gasteiger partial charge >= 0.3 is 6.18 Å². The van der Waals surface area contributed by atoms with Crippen LogP contribution < -0.4 is 0 Å². The number of rotatable bonds is 7. The average Bonchev–Trinajstić information content (AvgIpc) is 3.09. The van der Waals surface area contributed by atoms with E-state index in [-0.39, 0.29) is 0 Å². The molecule has 0 saturated heterocycles. The minimum absolute atomic E-state index is 0.344. The number of fused-ring (bicyclic) bond motifs is 3. The van der Waals surface area contributed by atoms with Gasteiger partial charge in [-0.2, -0.15) is 13.2 Å². The number of benzene rings is 3. The molecule has 0 bridgehead atoms. The van der Waals surface area contributed by atoms with Crippen molar-refractivity contribution in [2.45, 2.75) is 58.0 Å². The van der Waals surface area contributed by atoms with Gasteiger partial charge < -0.3 is 0 Å². The fourth-order valence-electron chi connectivity index (χ4n) is 4.42. The zero-order valence-electron chi connectivity index (χ0n) is 17.7. The zero-order valence-corrected chi connectivity index (χ0v) is 17.7. The second-order valence-electron chi connectivity index (χ2n) is 8.40. The van der Waals surface area contributed by atoms with Crippen molar-refractivity contribution in [1.82, 2.24) is 0 Å². The highest BCUT2D eigenvalue weighted by molar-refractivity contribution is 5.80. The molecule has 1 aliphatic rings. The lowest BCUT2D eigenvalue weighted by Gasteiger charge is -2.10. The highest BCUT2D eigenvalue weighted by atomic mass is 19.4. The molecule has 0 saturated carbocycles. The number of hydrogen-bond acceptors (Lipinski definition) is 0. The molecule has 0 fully saturated rings. The second-order valence-corrected chi connectivity index (χ2v) is 8.40. The average molecular weight is 426 g/mol. The first-order valence-corrected chi connectivity index (χ1v) is 11.0. The van der Waals surface area contributed by atoms with Gasteiger partial charge in [0.15, 0.2) is 0 Å². The summed E-state index contributed by atoms with van der Waals surface area (Å²) >= 11 is 0. The Hall–Kier alpha value is -2.62. The molecule has 0 heterocycles. The van der Waals surface area contributed by atoms with Crippen molar-refractivity contribution in [1.29, 1.82) is 0 Å². The van der Waals surface area contributed by atoms with E-state index in [2.05, 4.69) is 25.1 Å². The van der Waals surface area contributed by atoms with Gasteiger partial charge in [-0.05, 0) is 76.9 Å². The van der Waals surface area contributed by atoms with Gasteiger partial charge in [-0.3, -0.25) is 0 Å². The Morgan fingerprint density at radius 1 is 0.742 bits per heavy atom.